The van der Waals surface area contributed by atoms with Gasteiger partial charge >= 0.3 is 0 Å². The second-order valence-electron chi connectivity index (χ2n) is 1.99. The van der Waals surface area contributed by atoms with Crippen molar-refractivity contribution in [1.82, 2.24) is 4.98 Å². The fourth-order valence-corrected chi connectivity index (χ4v) is 1.00. The summed E-state index contributed by atoms with van der Waals surface area (Å²) in [5.41, 5.74) is 2.40. The van der Waals surface area contributed by atoms with Gasteiger partial charge in [-0.1, -0.05) is 0 Å². The predicted octanol–water partition coefficient (Wildman–Crippen LogP) is 0.425. The molecule has 1 aromatic heterocycles. The third-order valence-electron chi connectivity index (χ3n) is 1.15. The van der Waals surface area contributed by atoms with Gasteiger partial charge in [0.1, 0.15) is 0 Å². The van der Waals surface area contributed by atoms with E-state index in [-0.39, 0.29) is 0 Å². The van der Waals surface area contributed by atoms with Gasteiger partial charge in [0.15, 0.2) is 0 Å². The van der Waals surface area contributed by atoms with E-state index < -0.39 is 0 Å². The van der Waals surface area contributed by atoms with Crippen LogP contribution < -0.4 is 5.19 Å². The van der Waals surface area contributed by atoms with E-state index in [9.17, 15) is 0 Å². The molecular formula is C6H8NSi. The summed E-state index contributed by atoms with van der Waals surface area (Å²) >= 11 is 0. The van der Waals surface area contributed by atoms with Crippen molar-refractivity contribution < 1.29 is 0 Å². The van der Waals surface area contributed by atoms with E-state index in [2.05, 4.69) is 21.3 Å². The fraction of sp³-hybridized carbons (Fsp3) is 0.333. The maximum Gasteiger partial charge on any atom is 0.0737 e. The Morgan fingerprint density at radius 2 is 2.12 bits per heavy atom. The summed E-state index contributed by atoms with van der Waals surface area (Å²) in [6, 6.07) is 2.06. The van der Waals surface area contributed by atoms with E-state index in [1.54, 1.807) is 0 Å². The van der Waals surface area contributed by atoms with Crippen molar-refractivity contribution in [3.8, 4) is 0 Å². The molecule has 0 spiro atoms. The SMILES string of the molecule is Cc1cc([Si])c(C)[nH]1. The first-order chi connectivity index (χ1) is 3.70. The number of aromatic amines is 1. The maximum absolute atomic E-state index is 3.43. The Balaban J connectivity index is 3.14. The molecule has 1 aromatic rings. The quantitative estimate of drug-likeness (QED) is 0.480. The molecule has 41 valence electrons. The fourth-order valence-electron chi connectivity index (χ4n) is 0.724. The molecule has 0 atom stereocenters. The summed E-state index contributed by atoms with van der Waals surface area (Å²) in [6.45, 7) is 4.08. The van der Waals surface area contributed by atoms with E-state index >= 15 is 0 Å². The molecule has 0 aliphatic heterocycles. The molecular weight excluding hydrogens is 114 g/mol. The molecule has 1 rings (SSSR count). The molecule has 0 bridgehead atoms. The number of H-pyrrole nitrogens is 1. The summed E-state index contributed by atoms with van der Waals surface area (Å²) in [5, 5.41) is 1.16. The van der Waals surface area contributed by atoms with Crippen molar-refractivity contribution in [2.24, 2.45) is 0 Å². The van der Waals surface area contributed by atoms with Crippen LogP contribution >= 0.6 is 0 Å². The topological polar surface area (TPSA) is 15.8 Å². The number of hydrogen-bond acceptors (Lipinski definition) is 0. The normalized spacial score (nSPS) is 9.88. The van der Waals surface area contributed by atoms with Gasteiger partial charge < -0.3 is 4.98 Å². The lowest BCUT2D eigenvalue weighted by Crippen LogP contribution is -2.00. The van der Waals surface area contributed by atoms with Crippen molar-refractivity contribution in [2.45, 2.75) is 13.8 Å². The number of rotatable bonds is 0. The molecule has 0 fully saturated rings. The average Bonchev–Trinajstić information content (AvgIpc) is 1.85. The molecule has 1 nitrogen and oxygen atoms in total. The lowest BCUT2D eigenvalue weighted by atomic mass is 10.4. The Kier molecular flexibility index (Phi) is 1.25. The van der Waals surface area contributed by atoms with Gasteiger partial charge in [0.05, 0.1) is 10.2 Å². The molecule has 0 aliphatic rings. The Hall–Kier alpha value is -0.503. The zero-order valence-corrected chi connectivity index (χ0v) is 6.08. The van der Waals surface area contributed by atoms with Gasteiger partial charge in [0, 0.05) is 11.4 Å². The smallest absolute Gasteiger partial charge is 0.0737 e. The van der Waals surface area contributed by atoms with Crippen LogP contribution in [0.3, 0.4) is 0 Å². The first-order valence-electron chi connectivity index (χ1n) is 2.58. The molecule has 2 heteroatoms. The zero-order valence-electron chi connectivity index (χ0n) is 5.08. The van der Waals surface area contributed by atoms with Gasteiger partial charge in [0.2, 0.25) is 0 Å². The predicted molar refractivity (Wildman–Crippen MR) is 35.7 cm³/mol. The average molecular weight is 122 g/mol. The monoisotopic (exact) mass is 122 g/mol. The van der Waals surface area contributed by atoms with Gasteiger partial charge in [-0.3, -0.25) is 0 Å². The van der Waals surface area contributed by atoms with E-state index in [0.29, 0.717) is 0 Å². The Labute approximate surface area is 52.5 Å². The van der Waals surface area contributed by atoms with Crippen molar-refractivity contribution in [2.75, 3.05) is 0 Å². The van der Waals surface area contributed by atoms with Crippen LogP contribution in [0.1, 0.15) is 11.4 Å². The van der Waals surface area contributed by atoms with Crippen molar-refractivity contribution in [3.05, 3.63) is 17.5 Å². The molecule has 0 aliphatic carbocycles. The van der Waals surface area contributed by atoms with Crippen LogP contribution in [-0.4, -0.2) is 15.2 Å². The third kappa shape index (κ3) is 0.841. The minimum atomic E-state index is 1.16. The highest BCUT2D eigenvalue weighted by Crippen LogP contribution is 1.91. The van der Waals surface area contributed by atoms with E-state index in [0.717, 1.165) is 5.19 Å². The lowest BCUT2D eigenvalue weighted by Gasteiger charge is -1.82. The minimum Gasteiger partial charge on any atom is -0.363 e. The van der Waals surface area contributed by atoms with Crippen LogP contribution in [0.25, 0.3) is 0 Å². The first kappa shape index (κ1) is 5.63. The second kappa shape index (κ2) is 1.78. The lowest BCUT2D eigenvalue weighted by molar-refractivity contribution is 1.19. The molecule has 1 heterocycles. The number of aromatic nitrogens is 1. The van der Waals surface area contributed by atoms with Crippen LogP contribution in [0.4, 0.5) is 0 Å². The Morgan fingerprint density at radius 3 is 2.25 bits per heavy atom. The van der Waals surface area contributed by atoms with Crippen LogP contribution in [0, 0.1) is 13.8 Å². The minimum absolute atomic E-state index is 1.16. The molecule has 1 N–H and O–H groups in total. The summed E-state index contributed by atoms with van der Waals surface area (Å²) in [6.07, 6.45) is 0. The first-order valence-corrected chi connectivity index (χ1v) is 3.08. The molecule has 3 radical (unpaired) electrons. The summed E-state index contributed by atoms with van der Waals surface area (Å²) in [4.78, 5) is 3.16. The Bertz CT molecular complexity index is 171. The van der Waals surface area contributed by atoms with Gasteiger partial charge in [-0.15, -0.1) is 0 Å². The highest BCUT2D eigenvalue weighted by atomic mass is 28.1. The van der Waals surface area contributed by atoms with Gasteiger partial charge in [0.25, 0.3) is 0 Å². The maximum atomic E-state index is 3.43. The number of aryl methyl sites for hydroxylation is 2. The zero-order chi connectivity index (χ0) is 6.15. The standard InChI is InChI=1S/C6H8NSi/c1-4-3-6(8)5(2)7-4/h3,7H,1-2H3. The van der Waals surface area contributed by atoms with E-state index in [1.807, 2.05) is 13.8 Å². The van der Waals surface area contributed by atoms with Gasteiger partial charge in [-0.25, -0.2) is 0 Å². The second-order valence-corrected chi connectivity index (χ2v) is 2.53. The summed E-state index contributed by atoms with van der Waals surface area (Å²) in [7, 11) is 3.43. The summed E-state index contributed by atoms with van der Waals surface area (Å²) in [5.74, 6) is 0. The number of hydrogen-bond donors (Lipinski definition) is 1. The van der Waals surface area contributed by atoms with Crippen LogP contribution in [0.5, 0.6) is 0 Å². The van der Waals surface area contributed by atoms with E-state index in [1.165, 1.54) is 11.4 Å². The van der Waals surface area contributed by atoms with Gasteiger partial charge in [-0.05, 0) is 25.1 Å². The third-order valence-corrected chi connectivity index (χ3v) is 1.67. The van der Waals surface area contributed by atoms with Crippen molar-refractivity contribution in [3.63, 3.8) is 0 Å². The molecule has 0 saturated heterocycles. The summed E-state index contributed by atoms with van der Waals surface area (Å²) < 4.78 is 0. The van der Waals surface area contributed by atoms with Crippen molar-refractivity contribution >= 4 is 15.4 Å². The molecule has 0 saturated carbocycles. The highest BCUT2D eigenvalue weighted by molar-refractivity contribution is 6.33. The van der Waals surface area contributed by atoms with E-state index in [4.69, 9.17) is 0 Å². The van der Waals surface area contributed by atoms with Crippen LogP contribution in [0.15, 0.2) is 6.07 Å². The van der Waals surface area contributed by atoms with Crippen LogP contribution in [-0.2, 0) is 0 Å². The highest BCUT2D eigenvalue weighted by Gasteiger charge is 1.92. The van der Waals surface area contributed by atoms with Crippen molar-refractivity contribution in [1.29, 1.82) is 0 Å². The van der Waals surface area contributed by atoms with Gasteiger partial charge in [-0.2, -0.15) is 0 Å². The largest absolute Gasteiger partial charge is 0.363 e. The molecule has 0 aromatic carbocycles. The molecule has 8 heavy (non-hydrogen) atoms. The molecule has 0 unspecified atom stereocenters. The Morgan fingerprint density at radius 1 is 1.50 bits per heavy atom. The molecule has 0 amide bonds. The van der Waals surface area contributed by atoms with Crippen LogP contribution in [0.2, 0.25) is 0 Å². The number of nitrogens with one attached hydrogen (secondary N) is 1.